The van der Waals surface area contributed by atoms with Gasteiger partial charge in [0.25, 0.3) is 5.91 Å². The van der Waals surface area contributed by atoms with Crippen LogP contribution in [0.2, 0.25) is 0 Å². The number of ether oxygens (including phenoxy) is 2. The second kappa shape index (κ2) is 9.21. The molecule has 0 atom stereocenters. The van der Waals surface area contributed by atoms with Crippen LogP contribution in [0.1, 0.15) is 10.5 Å². The Hall–Kier alpha value is -3.34. The van der Waals surface area contributed by atoms with Crippen molar-refractivity contribution >= 4 is 21.6 Å². The predicted molar refractivity (Wildman–Crippen MR) is 113 cm³/mol. The van der Waals surface area contributed by atoms with Crippen LogP contribution >= 0.6 is 0 Å². The van der Waals surface area contributed by atoms with Gasteiger partial charge >= 0.3 is 0 Å². The lowest BCUT2D eigenvalue weighted by molar-refractivity contribution is 0.0730. The van der Waals surface area contributed by atoms with E-state index in [9.17, 15) is 13.2 Å². The first-order valence-corrected chi connectivity index (χ1v) is 11.0. The Morgan fingerprint density at radius 3 is 2.55 bits per heavy atom. The molecule has 2 heterocycles. The fourth-order valence-electron chi connectivity index (χ4n) is 3.01. The quantitative estimate of drug-likeness (QED) is 0.627. The summed E-state index contributed by atoms with van der Waals surface area (Å²) in [5, 5.41) is 2.69. The highest BCUT2D eigenvalue weighted by atomic mass is 32.2. The van der Waals surface area contributed by atoms with Gasteiger partial charge < -0.3 is 14.8 Å². The summed E-state index contributed by atoms with van der Waals surface area (Å²) in [5.41, 5.74) is 0.295. The van der Waals surface area contributed by atoms with Crippen LogP contribution in [0.3, 0.4) is 0 Å². The maximum Gasteiger partial charge on any atom is 0.275 e. The summed E-state index contributed by atoms with van der Waals surface area (Å²) in [6, 6.07) is 13.3. The van der Waals surface area contributed by atoms with E-state index in [1.165, 1.54) is 41.1 Å². The molecular formula is C21H20N4O5S. The molecule has 1 aromatic heterocycles. The van der Waals surface area contributed by atoms with E-state index in [1.807, 2.05) is 18.2 Å². The maximum absolute atomic E-state index is 13.1. The number of rotatable bonds is 6. The molecule has 31 heavy (non-hydrogen) atoms. The Morgan fingerprint density at radius 2 is 1.84 bits per heavy atom. The van der Waals surface area contributed by atoms with Crippen LogP contribution in [0.25, 0.3) is 0 Å². The molecule has 0 saturated carbocycles. The van der Waals surface area contributed by atoms with Gasteiger partial charge in [-0.2, -0.15) is 4.31 Å². The van der Waals surface area contributed by atoms with Gasteiger partial charge in [0.15, 0.2) is 5.75 Å². The number of nitrogens with one attached hydrogen (secondary N) is 1. The minimum Gasteiger partial charge on any atom is -0.455 e. The molecule has 2 aromatic carbocycles. The average Bonchev–Trinajstić information content (AvgIpc) is 2.82. The summed E-state index contributed by atoms with van der Waals surface area (Å²) < 4.78 is 38.6. The Kier molecular flexibility index (Phi) is 6.21. The normalized spacial score (nSPS) is 14.7. The van der Waals surface area contributed by atoms with Crippen molar-refractivity contribution in [3.63, 3.8) is 0 Å². The predicted octanol–water partition coefficient (Wildman–Crippen LogP) is 2.54. The van der Waals surface area contributed by atoms with Crippen LogP contribution < -0.4 is 10.1 Å². The lowest BCUT2D eigenvalue weighted by atomic mass is 10.2. The minimum absolute atomic E-state index is 0.0456. The van der Waals surface area contributed by atoms with Gasteiger partial charge in [0, 0.05) is 25.5 Å². The molecule has 1 N–H and O–H groups in total. The number of carbonyl (C=O) groups is 1. The molecule has 1 saturated heterocycles. The van der Waals surface area contributed by atoms with Gasteiger partial charge in [0.05, 0.1) is 30.0 Å². The standard InChI is InChI=1S/C21H20N4O5S/c26-21(19-15-22-8-9-23-19)24-18-14-17(31(27,28)25-10-12-29-13-11-25)6-7-20(18)30-16-4-2-1-3-5-16/h1-9,14-15H,10-13H2,(H,24,26). The SMILES string of the molecule is O=C(Nc1cc(S(=O)(=O)N2CCOCC2)ccc1Oc1ccccc1)c1cnccn1. The third-order valence-electron chi connectivity index (χ3n) is 4.57. The molecular weight excluding hydrogens is 420 g/mol. The molecule has 1 amide bonds. The lowest BCUT2D eigenvalue weighted by Crippen LogP contribution is -2.40. The Bertz CT molecular complexity index is 1150. The number of carbonyl (C=O) groups excluding carboxylic acids is 1. The van der Waals surface area contributed by atoms with E-state index in [4.69, 9.17) is 9.47 Å². The molecule has 10 heteroatoms. The second-order valence-electron chi connectivity index (χ2n) is 6.63. The molecule has 0 aliphatic carbocycles. The Balaban J connectivity index is 1.69. The highest BCUT2D eigenvalue weighted by Crippen LogP contribution is 2.33. The van der Waals surface area contributed by atoms with Crippen molar-refractivity contribution in [1.82, 2.24) is 14.3 Å². The number of nitrogens with zero attached hydrogens (tertiary/aromatic N) is 3. The van der Waals surface area contributed by atoms with Gasteiger partial charge in [-0.25, -0.2) is 13.4 Å². The zero-order valence-corrected chi connectivity index (χ0v) is 17.3. The lowest BCUT2D eigenvalue weighted by Gasteiger charge is -2.26. The third kappa shape index (κ3) is 4.88. The summed E-state index contributed by atoms with van der Waals surface area (Å²) in [6.45, 7) is 1.22. The van der Waals surface area contributed by atoms with Crippen molar-refractivity contribution < 1.29 is 22.7 Å². The molecule has 1 fully saturated rings. The number of amides is 1. The first-order valence-electron chi connectivity index (χ1n) is 9.56. The molecule has 160 valence electrons. The summed E-state index contributed by atoms with van der Waals surface area (Å²) in [6.07, 6.45) is 4.17. The van der Waals surface area contributed by atoms with Gasteiger partial charge in [-0.1, -0.05) is 18.2 Å². The topological polar surface area (TPSA) is 111 Å². The summed E-state index contributed by atoms with van der Waals surface area (Å²) >= 11 is 0. The van der Waals surface area contributed by atoms with Gasteiger partial charge in [-0.15, -0.1) is 0 Å². The molecule has 1 aliphatic rings. The number of sulfonamides is 1. The Labute approximate surface area is 179 Å². The maximum atomic E-state index is 13.1. The summed E-state index contributed by atoms with van der Waals surface area (Å²) in [4.78, 5) is 20.5. The number of anilines is 1. The number of hydrogen-bond acceptors (Lipinski definition) is 7. The van der Waals surface area contributed by atoms with E-state index in [-0.39, 0.29) is 29.4 Å². The molecule has 9 nitrogen and oxygen atoms in total. The number of para-hydroxylation sites is 1. The first kappa shape index (κ1) is 20.9. The van der Waals surface area contributed by atoms with Crippen LogP contribution in [-0.4, -0.2) is 54.9 Å². The van der Waals surface area contributed by atoms with Crippen molar-refractivity contribution in [2.75, 3.05) is 31.6 Å². The van der Waals surface area contributed by atoms with Crippen LogP contribution in [0, 0.1) is 0 Å². The molecule has 4 rings (SSSR count). The highest BCUT2D eigenvalue weighted by Gasteiger charge is 2.27. The van der Waals surface area contributed by atoms with Gasteiger partial charge in [-0.05, 0) is 30.3 Å². The summed E-state index contributed by atoms with van der Waals surface area (Å²) in [7, 11) is -3.76. The smallest absolute Gasteiger partial charge is 0.275 e. The number of aromatic nitrogens is 2. The van der Waals surface area contributed by atoms with Crippen molar-refractivity contribution in [2.45, 2.75) is 4.90 Å². The van der Waals surface area contributed by atoms with Crippen LogP contribution in [0.5, 0.6) is 11.5 Å². The highest BCUT2D eigenvalue weighted by molar-refractivity contribution is 7.89. The molecule has 1 aliphatic heterocycles. The van der Waals surface area contributed by atoms with Crippen molar-refractivity contribution in [3.05, 3.63) is 72.8 Å². The van der Waals surface area contributed by atoms with Crippen molar-refractivity contribution in [3.8, 4) is 11.5 Å². The fourth-order valence-corrected chi connectivity index (χ4v) is 4.45. The van der Waals surface area contributed by atoms with E-state index < -0.39 is 15.9 Å². The summed E-state index contributed by atoms with van der Waals surface area (Å²) in [5.74, 6) is 0.303. The van der Waals surface area contributed by atoms with E-state index in [2.05, 4.69) is 15.3 Å². The monoisotopic (exact) mass is 440 g/mol. The van der Waals surface area contributed by atoms with Gasteiger partial charge in [0.1, 0.15) is 11.4 Å². The van der Waals surface area contributed by atoms with Crippen molar-refractivity contribution in [1.29, 1.82) is 0 Å². The van der Waals surface area contributed by atoms with E-state index in [0.29, 0.717) is 24.7 Å². The molecule has 0 bridgehead atoms. The van der Waals surface area contributed by atoms with Gasteiger partial charge in [0.2, 0.25) is 10.0 Å². The molecule has 3 aromatic rings. The second-order valence-corrected chi connectivity index (χ2v) is 8.57. The van der Waals surface area contributed by atoms with Crippen molar-refractivity contribution in [2.24, 2.45) is 0 Å². The molecule has 0 unspecified atom stereocenters. The van der Waals surface area contributed by atoms with Crippen LogP contribution in [-0.2, 0) is 14.8 Å². The van der Waals surface area contributed by atoms with E-state index in [0.717, 1.165) is 0 Å². The van der Waals surface area contributed by atoms with E-state index in [1.54, 1.807) is 12.1 Å². The number of hydrogen-bond donors (Lipinski definition) is 1. The average molecular weight is 440 g/mol. The molecule has 0 spiro atoms. The van der Waals surface area contributed by atoms with E-state index >= 15 is 0 Å². The minimum atomic E-state index is -3.76. The molecule has 0 radical (unpaired) electrons. The third-order valence-corrected chi connectivity index (χ3v) is 6.47. The number of benzene rings is 2. The number of morpholine rings is 1. The largest absolute Gasteiger partial charge is 0.455 e. The fraction of sp³-hybridized carbons (Fsp3) is 0.190. The first-order chi connectivity index (χ1) is 15.0. The zero-order chi connectivity index (χ0) is 21.7. The zero-order valence-electron chi connectivity index (χ0n) is 16.5. The van der Waals surface area contributed by atoms with Crippen LogP contribution in [0.15, 0.2) is 72.0 Å². The Morgan fingerprint density at radius 1 is 1.06 bits per heavy atom. The van der Waals surface area contributed by atoms with Crippen LogP contribution in [0.4, 0.5) is 5.69 Å². The van der Waals surface area contributed by atoms with Gasteiger partial charge in [-0.3, -0.25) is 9.78 Å².